The molecule has 6 aliphatic heterocycles. The minimum atomic E-state index is -2.25. The van der Waals surface area contributed by atoms with Crippen molar-refractivity contribution in [2.75, 3.05) is 46.2 Å². The van der Waals surface area contributed by atoms with E-state index in [-0.39, 0.29) is 6.61 Å². The van der Waals surface area contributed by atoms with Gasteiger partial charge in [0, 0.05) is 6.61 Å². The van der Waals surface area contributed by atoms with Crippen molar-refractivity contribution in [1.29, 1.82) is 0 Å². The maximum absolute atomic E-state index is 11.9. The Labute approximate surface area is 429 Å². The number of unbranched alkanes of at least 4 members (excludes halogenated alkanes) is 5. The normalized spacial score (nSPS) is 49.0. The van der Waals surface area contributed by atoms with Crippen molar-refractivity contribution in [3.8, 4) is 0 Å². The lowest BCUT2D eigenvalue weighted by Crippen LogP contribution is -2.68. The standard InChI is InChI=1S/C44H78O31/c1-2-3-4-5-6-7-8-64-41-33(61)37(25(53)19(71-41)13-65-39-30(58)27(55)21(49)15(9-45)67-39)75-43-34(62)36(24(52)18(12-48)70-43)74-44-35(63)38(73-42-32(60)29(57)23(51)17(11-47)69-42)26(54)20(72-44)14-66-40-31(59)28(56)22(50)16(10-46)68-40/h15-63H,2-14H2,1H3/t15?,16?,17?,18?,19?,20?,21?,22?,23?,24?,25?,26-,27?,28?,29?,30?,31?,32?,33?,34?,35?,36?,37?,38?,39?,40?,41+,42?,43?,44?/m1/s1. The SMILES string of the molecule is CCCCCCCCO[C@H]1OC(COC2OC(CO)C(O)C(O)C2O)C(O)C(OC2OC(CO)C(O)C(OC3OC(COC4OC(CO)C(O)C(O)C4O)[C@@H](O)C(OC4OC(CO)C(O)C(O)C4O)C3O)C2O)C1O. The van der Waals surface area contributed by atoms with Gasteiger partial charge < -0.3 is 154 Å². The third-order valence-electron chi connectivity index (χ3n) is 14.2. The molecule has 0 bridgehead atoms. The summed E-state index contributed by atoms with van der Waals surface area (Å²) in [6.07, 6.45) is -51.1. The Bertz CT molecular complexity index is 1640. The number of ether oxygens (including phenoxy) is 12. The van der Waals surface area contributed by atoms with Crippen molar-refractivity contribution in [3.63, 3.8) is 0 Å². The second kappa shape index (κ2) is 29.0. The smallest absolute Gasteiger partial charge is 0.187 e. The van der Waals surface area contributed by atoms with Gasteiger partial charge in [-0.2, -0.15) is 0 Å². The molecule has 6 rings (SSSR count). The summed E-state index contributed by atoms with van der Waals surface area (Å²) in [7, 11) is 0. The highest BCUT2D eigenvalue weighted by Gasteiger charge is 2.57. The first kappa shape index (κ1) is 62.9. The maximum atomic E-state index is 11.9. The maximum Gasteiger partial charge on any atom is 0.187 e. The molecular weight excluding hydrogens is 1020 g/mol. The van der Waals surface area contributed by atoms with E-state index in [9.17, 15) is 97.0 Å². The van der Waals surface area contributed by atoms with E-state index in [1.807, 2.05) is 0 Å². The molecule has 6 aliphatic rings. The summed E-state index contributed by atoms with van der Waals surface area (Å²) in [6, 6.07) is 0. The van der Waals surface area contributed by atoms with Crippen molar-refractivity contribution in [2.45, 2.75) is 230 Å². The average molecular weight is 1100 g/mol. The minimum absolute atomic E-state index is 0.0300. The van der Waals surface area contributed by atoms with Crippen molar-refractivity contribution in [1.82, 2.24) is 0 Å². The first-order valence-corrected chi connectivity index (χ1v) is 25.1. The molecule has 31 heteroatoms. The van der Waals surface area contributed by atoms with Gasteiger partial charge in [-0.15, -0.1) is 0 Å². The summed E-state index contributed by atoms with van der Waals surface area (Å²) in [5, 5.41) is 203. The lowest BCUT2D eigenvalue weighted by molar-refractivity contribution is -0.394. The van der Waals surface area contributed by atoms with Crippen LogP contribution in [0.15, 0.2) is 0 Å². The first-order chi connectivity index (χ1) is 35.7. The molecule has 6 fully saturated rings. The van der Waals surface area contributed by atoms with Crippen LogP contribution in [0.4, 0.5) is 0 Å². The Morgan fingerprint density at radius 1 is 0.280 bits per heavy atom. The van der Waals surface area contributed by atoms with Gasteiger partial charge in [0.05, 0.1) is 39.6 Å². The Morgan fingerprint density at radius 3 is 0.960 bits per heavy atom. The van der Waals surface area contributed by atoms with Crippen molar-refractivity contribution in [3.05, 3.63) is 0 Å². The molecule has 31 nitrogen and oxygen atoms in total. The molecule has 19 N–H and O–H groups in total. The number of rotatable bonds is 24. The second-order valence-electron chi connectivity index (χ2n) is 19.5. The van der Waals surface area contributed by atoms with Gasteiger partial charge in [-0.05, 0) is 6.42 Å². The quantitative estimate of drug-likeness (QED) is 0.0399. The second-order valence-corrected chi connectivity index (χ2v) is 19.5. The Morgan fingerprint density at radius 2 is 0.560 bits per heavy atom. The van der Waals surface area contributed by atoms with Crippen molar-refractivity contribution >= 4 is 0 Å². The Hall–Kier alpha value is -1.24. The molecule has 6 saturated heterocycles. The lowest BCUT2D eigenvalue weighted by Gasteiger charge is -2.49. The van der Waals surface area contributed by atoms with E-state index in [0.717, 1.165) is 32.1 Å². The third kappa shape index (κ3) is 14.6. The summed E-state index contributed by atoms with van der Waals surface area (Å²) in [5.74, 6) is 0. The van der Waals surface area contributed by atoms with E-state index in [4.69, 9.17) is 56.8 Å². The van der Waals surface area contributed by atoms with Gasteiger partial charge in [0.25, 0.3) is 0 Å². The van der Waals surface area contributed by atoms with Crippen LogP contribution in [-0.4, -0.2) is 328 Å². The van der Waals surface area contributed by atoms with Gasteiger partial charge in [-0.3, -0.25) is 0 Å². The van der Waals surface area contributed by atoms with Gasteiger partial charge >= 0.3 is 0 Å². The zero-order chi connectivity index (χ0) is 55.0. The zero-order valence-corrected chi connectivity index (χ0v) is 40.9. The van der Waals surface area contributed by atoms with E-state index in [0.29, 0.717) is 6.42 Å². The van der Waals surface area contributed by atoms with E-state index in [1.54, 1.807) is 0 Å². The predicted molar refractivity (Wildman–Crippen MR) is 236 cm³/mol. The predicted octanol–water partition coefficient (Wildman–Crippen LogP) is -10.7. The van der Waals surface area contributed by atoms with Gasteiger partial charge in [0.1, 0.15) is 146 Å². The van der Waals surface area contributed by atoms with Gasteiger partial charge in [0.15, 0.2) is 37.7 Å². The van der Waals surface area contributed by atoms with Gasteiger partial charge in [0.2, 0.25) is 0 Å². The highest BCUT2D eigenvalue weighted by Crippen LogP contribution is 2.36. The van der Waals surface area contributed by atoms with Crippen molar-refractivity contribution in [2.24, 2.45) is 0 Å². The molecule has 0 spiro atoms. The van der Waals surface area contributed by atoms with Crippen LogP contribution >= 0.6 is 0 Å². The van der Waals surface area contributed by atoms with Crippen LogP contribution in [0.3, 0.4) is 0 Å². The summed E-state index contributed by atoms with van der Waals surface area (Å²) >= 11 is 0. The molecule has 0 aliphatic carbocycles. The van der Waals surface area contributed by atoms with E-state index in [1.165, 1.54) is 0 Å². The fourth-order valence-corrected chi connectivity index (χ4v) is 9.49. The largest absolute Gasteiger partial charge is 0.394 e. The van der Waals surface area contributed by atoms with Crippen LogP contribution in [0, 0.1) is 0 Å². The molecule has 0 amide bonds. The van der Waals surface area contributed by atoms with Gasteiger partial charge in [-0.1, -0.05) is 39.0 Å². The number of hydrogen-bond acceptors (Lipinski definition) is 31. The number of aliphatic hydroxyl groups excluding tert-OH is 19. The summed E-state index contributed by atoms with van der Waals surface area (Å²) in [4.78, 5) is 0. The third-order valence-corrected chi connectivity index (χ3v) is 14.2. The molecule has 75 heavy (non-hydrogen) atoms. The molecule has 440 valence electrons. The Balaban J connectivity index is 1.23. The molecule has 0 aromatic rings. The highest BCUT2D eigenvalue weighted by molar-refractivity contribution is 4.99. The van der Waals surface area contributed by atoms with Crippen LogP contribution in [0.5, 0.6) is 0 Å². The molecule has 0 radical (unpaired) electrons. The van der Waals surface area contributed by atoms with Crippen LogP contribution < -0.4 is 0 Å². The summed E-state index contributed by atoms with van der Waals surface area (Å²) < 4.78 is 68.4. The molecule has 30 atom stereocenters. The van der Waals surface area contributed by atoms with Crippen LogP contribution in [0.1, 0.15) is 45.4 Å². The number of hydrogen-bond donors (Lipinski definition) is 19. The molecule has 0 aromatic carbocycles. The number of aliphatic hydroxyl groups is 19. The average Bonchev–Trinajstić information content (AvgIpc) is 3.40. The fraction of sp³-hybridized carbons (Fsp3) is 1.00. The summed E-state index contributed by atoms with van der Waals surface area (Å²) in [6.45, 7) is -3.04. The van der Waals surface area contributed by atoms with Gasteiger partial charge in [-0.25, -0.2) is 0 Å². The Kier molecular flexibility index (Phi) is 24.3. The fourth-order valence-electron chi connectivity index (χ4n) is 9.49. The molecule has 0 saturated carbocycles. The molecule has 0 aromatic heterocycles. The minimum Gasteiger partial charge on any atom is -0.394 e. The van der Waals surface area contributed by atoms with E-state index >= 15 is 0 Å². The highest BCUT2D eigenvalue weighted by atomic mass is 16.8. The zero-order valence-electron chi connectivity index (χ0n) is 40.9. The first-order valence-electron chi connectivity index (χ1n) is 25.1. The van der Waals surface area contributed by atoms with Crippen LogP contribution in [0.25, 0.3) is 0 Å². The lowest BCUT2D eigenvalue weighted by atomic mass is 9.95. The molecule has 28 unspecified atom stereocenters. The molecular formula is C44H78O31. The van der Waals surface area contributed by atoms with Crippen LogP contribution in [0.2, 0.25) is 0 Å². The summed E-state index contributed by atoms with van der Waals surface area (Å²) in [5.41, 5.74) is 0. The van der Waals surface area contributed by atoms with Crippen LogP contribution in [-0.2, 0) is 56.8 Å². The molecule has 6 heterocycles. The topological polar surface area (TPSA) is 495 Å². The van der Waals surface area contributed by atoms with E-state index < -0.39 is 224 Å². The van der Waals surface area contributed by atoms with E-state index in [2.05, 4.69) is 6.92 Å². The monoisotopic (exact) mass is 1100 g/mol. The van der Waals surface area contributed by atoms with Crippen molar-refractivity contribution < 1.29 is 154 Å².